The van der Waals surface area contributed by atoms with Gasteiger partial charge in [0.2, 0.25) is 0 Å². The first-order chi connectivity index (χ1) is 10.1. The second kappa shape index (κ2) is 5.06. The molecule has 1 aromatic heterocycles. The summed E-state index contributed by atoms with van der Waals surface area (Å²) in [6, 6.07) is 3.53. The second-order valence-corrected chi connectivity index (χ2v) is 5.63. The molecular weight excluding hydrogens is 270 g/mol. The van der Waals surface area contributed by atoms with Gasteiger partial charge in [0, 0.05) is 6.20 Å². The molecule has 1 fully saturated rings. The van der Waals surface area contributed by atoms with Gasteiger partial charge in [-0.2, -0.15) is 0 Å². The maximum absolute atomic E-state index is 13.0. The van der Waals surface area contributed by atoms with E-state index in [4.69, 9.17) is 4.74 Å². The Labute approximate surface area is 123 Å². The molecule has 1 N–H and O–H groups in total. The molecule has 2 heterocycles. The van der Waals surface area contributed by atoms with Crippen molar-refractivity contribution in [3.8, 4) is 0 Å². The van der Waals surface area contributed by atoms with Crippen LogP contribution in [-0.2, 0) is 19.9 Å². The fourth-order valence-corrected chi connectivity index (χ4v) is 3.52. The van der Waals surface area contributed by atoms with Crippen LogP contribution in [0.3, 0.4) is 0 Å². The molecule has 0 radical (unpaired) electrons. The zero-order valence-electron chi connectivity index (χ0n) is 12.1. The number of aliphatic hydroxyl groups is 1. The zero-order valence-corrected chi connectivity index (χ0v) is 12.1. The zero-order chi connectivity index (χ0) is 15.0. The van der Waals surface area contributed by atoms with Crippen molar-refractivity contribution < 1.29 is 19.4 Å². The predicted molar refractivity (Wildman–Crippen MR) is 76.7 cm³/mol. The number of carbonyl (C=O) groups excluding carboxylic acids is 2. The molecule has 3 rings (SSSR count). The standard InChI is InChI=1S/C16H19NO4/c1-2-21-15(20)12-13(18)11-7-6-10-17(11)16(14(12)19)8-4-3-5-9-16/h6-7,10,18H,2-5,8-9H2,1H3. The van der Waals surface area contributed by atoms with Crippen LogP contribution in [0.25, 0.3) is 5.76 Å². The van der Waals surface area contributed by atoms with E-state index in [1.807, 2.05) is 10.8 Å². The van der Waals surface area contributed by atoms with Crippen LogP contribution < -0.4 is 0 Å². The SMILES string of the molecule is CCOC(=O)C1=C(O)c2cccn2C2(CCCCC2)C1=O. The molecule has 0 atom stereocenters. The Morgan fingerprint density at radius 1 is 1.38 bits per heavy atom. The van der Waals surface area contributed by atoms with Crippen LogP contribution in [-0.4, -0.2) is 28.0 Å². The van der Waals surface area contributed by atoms with E-state index >= 15 is 0 Å². The van der Waals surface area contributed by atoms with E-state index in [-0.39, 0.29) is 23.7 Å². The fraction of sp³-hybridized carbons (Fsp3) is 0.500. The number of Topliss-reactive ketones (excluding diaryl/α,β-unsaturated/α-hetero) is 1. The average molecular weight is 289 g/mol. The monoisotopic (exact) mass is 289 g/mol. The first kappa shape index (κ1) is 13.9. The predicted octanol–water partition coefficient (Wildman–Crippen LogP) is 2.56. The highest BCUT2D eigenvalue weighted by Gasteiger charge is 2.49. The lowest BCUT2D eigenvalue weighted by Gasteiger charge is -2.41. The van der Waals surface area contributed by atoms with Gasteiger partial charge in [0.05, 0.1) is 12.3 Å². The molecule has 0 aromatic carbocycles. The van der Waals surface area contributed by atoms with Crippen LogP contribution in [0.15, 0.2) is 23.9 Å². The lowest BCUT2D eigenvalue weighted by atomic mass is 9.74. The Balaban J connectivity index is 2.16. The van der Waals surface area contributed by atoms with Gasteiger partial charge in [-0.3, -0.25) is 4.79 Å². The van der Waals surface area contributed by atoms with E-state index in [2.05, 4.69) is 0 Å². The summed E-state index contributed by atoms with van der Waals surface area (Å²) in [6.45, 7) is 1.86. The Morgan fingerprint density at radius 2 is 2.10 bits per heavy atom. The number of esters is 1. The van der Waals surface area contributed by atoms with Crippen molar-refractivity contribution in [1.82, 2.24) is 4.57 Å². The molecule has 1 aliphatic carbocycles. The highest BCUT2D eigenvalue weighted by molar-refractivity contribution is 6.25. The van der Waals surface area contributed by atoms with Crippen LogP contribution in [0, 0.1) is 0 Å². The minimum Gasteiger partial charge on any atom is -0.505 e. The molecule has 1 saturated carbocycles. The Bertz CT molecular complexity index is 620. The van der Waals surface area contributed by atoms with Gasteiger partial charge in [0.1, 0.15) is 11.1 Å². The minimum absolute atomic E-state index is 0.177. The number of carbonyl (C=O) groups is 2. The molecule has 0 saturated heterocycles. The minimum atomic E-state index is -0.731. The normalized spacial score (nSPS) is 20.5. The van der Waals surface area contributed by atoms with E-state index in [0.29, 0.717) is 18.5 Å². The summed E-state index contributed by atoms with van der Waals surface area (Å²) in [5.74, 6) is -1.29. The summed E-state index contributed by atoms with van der Waals surface area (Å²) in [5.41, 5.74) is -0.393. The number of hydrogen-bond acceptors (Lipinski definition) is 4. The van der Waals surface area contributed by atoms with E-state index in [9.17, 15) is 14.7 Å². The van der Waals surface area contributed by atoms with Crippen LogP contribution in [0.5, 0.6) is 0 Å². The van der Waals surface area contributed by atoms with Crippen LogP contribution in [0.2, 0.25) is 0 Å². The van der Waals surface area contributed by atoms with Gasteiger partial charge < -0.3 is 14.4 Å². The van der Waals surface area contributed by atoms with Gasteiger partial charge in [0.15, 0.2) is 11.5 Å². The molecule has 21 heavy (non-hydrogen) atoms. The smallest absolute Gasteiger partial charge is 0.345 e. The number of fused-ring (bicyclic) bond motifs is 2. The van der Waals surface area contributed by atoms with Crippen molar-refractivity contribution in [3.05, 3.63) is 29.6 Å². The number of ether oxygens (including phenoxy) is 1. The third-order valence-electron chi connectivity index (χ3n) is 4.50. The molecule has 0 amide bonds. The molecule has 1 aliphatic heterocycles. The summed E-state index contributed by atoms with van der Waals surface area (Å²) in [6.07, 6.45) is 6.20. The Kier molecular flexibility index (Phi) is 3.35. The van der Waals surface area contributed by atoms with Gasteiger partial charge in [-0.25, -0.2) is 4.79 Å². The van der Waals surface area contributed by atoms with E-state index in [1.165, 1.54) is 0 Å². The largest absolute Gasteiger partial charge is 0.505 e. The first-order valence-corrected chi connectivity index (χ1v) is 7.45. The summed E-state index contributed by atoms with van der Waals surface area (Å²) >= 11 is 0. The van der Waals surface area contributed by atoms with E-state index < -0.39 is 11.5 Å². The highest BCUT2D eigenvalue weighted by atomic mass is 16.5. The summed E-state index contributed by atoms with van der Waals surface area (Å²) in [5, 5.41) is 10.3. The third kappa shape index (κ3) is 1.91. The molecule has 5 nitrogen and oxygen atoms in total. The summed E-state index contributed by atoms with van der Waals surface area (Å²) in [4.78, 5) is 25.1. The lowest BCUT2D eigenvalue weighted by molar-refractivity contribution is -0.142. The number of nitrogens with zero attached hydrogens (tertiary/aromatic N) is 1. The number of hydrogen-bond donors (Lipinski definition) is 1. The lowest BCUT2D eigenvalue weighted by Crippen LogP contribution is -2.48. The topological polar surface area (TPSA) is 68.5 Å². The van der Waals surface area contributed by atoms with Crippen molar-refractivity contribution in [2.45, 2.75) is 44.6 Å². The molecule has 112 valence electrons. The van der Waals surface area contributed by atoms with E-state index in [0.717, 1.165) is 19.3 Å². The molecule has 0 unspecified atom stereocenters. The summed E-state index contributed by atoms with van der Waals surface area (Å²) in [7, 11) is 0. The second-order valence-electron chi connectivity index (χ2n) is 5.63. The molecule has 5 heteroatoms. The third-order valence-corrected chi connectivity index (χ3v) is 4.50. The molecule has 1 spiro atoms. The number of ketones is 1. The van der Waals surface area contributed by atoms with Crippen molar-refractivity contribution in [3.63, 3.8) is 0 Å². The van der Waals surface area contributed by atoms with Gasteiger partial charge in [0.25, 0.3) is 0 Å². The average Bonchev–Trinajstić information content (AvgIpc) is 2.97. The summed E-state index contributed by atoms with van der Waals surface area (Å²) < 4.78 is 6.80. The number of aromatic nitrogens is 1. The van der Waals surface area contributed by atoms with E-state index in [1.54, 1.807) is 19.1 Å². The van der Waals surface area contributed by atoms with Gasteiger partial charge >= 0.3 is 5.97 Å². The molecule has 2 aliphatic rings. The fourth-order valence-electron chi connectivity index (χ4n) is 3.52. The molecular formula is C16H19NO4. The quantitative estimate of drug-likeness (QED) is 0.671. The van der Waals surface area contributed by atoms with Crippen molar-refractivity contribution >= 4 is 17.5 Å². The number of aliphatic hydroxyl groups excluding tert-OH is 1. The van der Waals surface area contributed by atoms with Gasteiger partial charge in [-0.15, -0.1) is 0 Å². The first-order valence-electron chi connectivity index (χ1n) is 7.45. The van der Waals surface area contributed by atoms with Crippen molar-refractivity contribution in [1.29, 1.82) is 0 Å². The number of rotatable bonds is 2. The maximum Gasteiger partial charge on any atom is 0.345 e. The maximum atomic E-state index is 13.0. The van der Waals surface area contributed by atoms with Crippen LogP contribution >= 0.6 is 0 Å². The van der Waals surface area contributed by atoms with Crippen molar-refractivity contribution in [2.24, 2.45) is 0 Å². The van der Waals surface area contributed by atoms with Crippen molar-refractivity contribution in [2.75, 3.05) is 6.61 Å². The Morgan fingerprint density at radius 3 is 2.76 bits per heavy atom. The Hall–Kier alpha value is -2.04. The highest BCUT2D eigenvalue weighted by Crippen LogP contribution is 2.43. The molecule has 0 bridgehead atoms. The van der Waals surface area contributed by atoms with Crippen LogP contribution in [0.4, 0.5) is 0 Å². The van der Waals surface area contributed by atoms with Crippen LogP contribution in [0.1, 0.15) is 44.7 Å². The van der Waals surface area contributed by atoms with Gasteiger partial charge in [-0.05, 0) is 31.9 Å². The molecule has 1 aromatic rings. The van der Waals surface area contributed by atoms with Gasteiger partial charge in [-0.1, -0.05) is 19.3 Å².